The number of carboxylic acid groups (broad SMARTS) is 1. The zero-order valence-corrected chi connectivity index (χ0v) is 12.1. The van der Waals surface area contributed by atoms with Crippen LogP contribution >= 0.6 is 0 Å². The first-order valence-corrected chi connectivity index (χ1v) is 6.96. The second-order valence-corrected chi connectivity index (χ2v) is 6.18. The zero-order chi connectivity index (χ0) is 14.5. The van der Waals surface area contributed by atoms with Crippen LogP contribution in [-0.2, 0) is 14.3 Å². The largest absolute Gasteiger partial charge is 0.480 e. The Bertz CT molecular complexity index is 316. The van der Waals surface area contributed by atoms with E-state index in [1.807, 2.05) is 20.8 Å². The monoisotopic (exact) mass is 271 g/mol. The van der Waals surface area contributed by atoms with Gasteiger partial charge in [0.1, 0.15) is 12.6 Å². The average Bonchev–Trinajstić information content (AvgIpc) is 2.33. The highest BCUT2D eigenvalue weighted by molar-refractivity contribution is 5.84. The fourth-order valence-corrected chi connectivity index (χ4v) is 2.35. The molecule has 1 saturated carbocycles. The van der Waals surface area contributed by atoms with Crippen molar-refractivity contribution in [3.8, 4) is 0 Å². The molecule has 1 atom stereocenters. The summed E-state index contributed by atoms with van der Waals surface area (Å²) in [6.45, 7) is 5.47. The molecule has 2 N–H and O–H groups in total. The fraction of sp³-hybridized carbons (Fsp3) is 0.857. The van der Waals surface area contributed by atoms with Crippen molar-refractivity contribution in [3.05, 3.63) is 0 Å². The van der Waals surface area contributed by atoms with Crippen molar-refractivity contribution in [3.63, 3.8) is 0 Å². The molecule has 0 aromatic rings. The molecule has 0 aliphatic heterocycles. The lowest BCUT2D eigenvalue weighted by atomic mass is 9.84. The van der Waals surface area contributed by atoms with Crippen LogP contribution in [0.15, 0.2) is 0 Å². The van der Waals surface area contributed by atoms with Gasteiger partial charge in [-0.25, -0.2) is 4.79 Å². The van der Waals surface area contributed by atoms with Gasteiger partial charge in [-0.15, -0.1) is 0 Å². The molecule has 0 radical (unpaired) electrons. The van der Waals surface area contributed by atoms with Crippen LogP contribution in [0.3, 0.4) is 0 Å². The number of carbonyl (C=O) groups is 2. The number of ether oxygens (including phenoxy) is 1. The van der Waals surface area contributed by atoms with Gasteiger partial charge in [0.2, 0.25) is 5.91 Å². The molecule has 19 heavy (non-hydrogen) atoms. The third-order valence-corrected chi connectivity index (χ3v) is 3.34. The van der Waals surface area contributed by atoms with E-state index in [-0.39, 0.29) is 18.4 Å². The Morgan fingerprint density at radius 1 is 1.26 bits per heavy atom. The van der Waals surface area contributed by atoms with Gasteiger partial charge in [0, 0.05) is 0 Å². The van der Waals surface area contributed by atoms with Crippen molar-refractivity contribution in [1.29, 1.82) is 0 Å². The van der Waals surface area contributed by atoms with Crippen LogP contribution in [0.4, 0.5) is 0 Å². The number of hydrogen-bond acceptors (Lipinski definition) is 3. The first-order valence-electron chi connectivity index (χ1n) is 6.96. The van der Waals surface area contributed by atoms with E-state index >= 15 is 0 Å². The standard InChI is InChI=1S/C14H25NO4/c1-14(2,3)19-9-11(16)15-12(13(17)18)10-7-5-4-6-8-10/h10,12H,4-9H2,1-3H3,(H,15,16)(H,17,18). The number of nitrogens with one attached hydrogen (secondary N) is 1. The lowest BCUT2D eigenvalue weighted by Gasteiger charge is -2.28. The number of carbonyl (C=O) groups excluding carboxylic acids is 1. The van der Waals surface area contributed by atoms with Crippen molar-refractivity contribution in [2.75, 3.05) is 6.61 Å². The van der Waals surface area contributed by atoms with Crippen molar-refractivity contribution in [1.82, 2.24) is 5.32 Å². The van der Waals surface area contributed by atoms with Crippen LogP contribution in [0.2, 0.25) is 0 Å². The maximum Gasteiger partial charge on any atom is 0.326 e. The van der Waals surface area contributed by atoms with Gasteiger partial charge in [0.25, 0.3) is 0 Å². The predicted octanol–water partition coefficient (Wildman–Crippen LogP) is 1.95. The summed E-state index contributed by atoms with van der Waals surface area (Å²) in [6.07, 6.45) is 4.99. The van der Waals surface area contributed by atoms with Gasteiger partial charge in [-0.05, 0) is 39.5 Å². The Balaban J connectivity index is 2.48. The third-order valence-electron chi connectivity index (χ3n) is 3.34. The van der Waals surface area contributed by atoms with E-state index < -0.39 is 17.6 Å². The molecule has 0 aromatic heterocycles. The highest BCUT2D eigenvalue weighted by Gasteiger charge is 2.30. The van der Waals surface area contributed by atoms with Gasteiger partial charge in [-0.1, -0.05) is 19.3 Å². The molecule has 1 rings (SSSR count). The molecule has 0 saturated heterocycles. The maximum absolute atomic E-state index is 11.7. The molecule has 5 heteroatoms. The first kappa shape index (κ1) is 16.0. The van der Waals surface area contributed by atoms with Gasteiger partial charge in [0.15, 0.2) is 0 Å². The van der Waals surface area contributed by atoms with Crippen LogP contribution in [0, 0.1) is 5.92 Å². The first-order chi connectivity index (χ1) is 8.79. The molecule has 0 bridgehead atoms. The second-order valence-electron chi connectivity index (χ2n) is 6.18. The van der Waals surface area contributed by atoms with Gasteiger partial charge < -0.3 is 15.2 Å². The summed E-state index contributed by atoms with van der Waals surface area (Å²) in [5.41, 5.74) is -0.402. The quantitative estimate of drug-likeness (QED) is 0.801. The Labute approximate surface area is 114 Å². The minimum Gasteiger partial charge on any atom is -0.480 e. The molecule has 1 unspecified atom stereocenters. The van der Waals surface area contributed by atoms with E-state index in [2.05, 4.69) is 5.32 Å². The predicted molar refractivity (Wildman–Crippen MR) is 71.8 cm³/mol. The molecule has 5 nitrogen and oxygen atoms in total. The molecule has 110 valence electrons. The van der Waals surface area contributed by atoms with E-state index in [9.17, 15) is 14.7 Å². The zero-order valence-electron chi connectivity index (χ0n) is 12.1. The minimum absolute atomic E-state index is 0.0461. The Hall–Kier alpha value is -1.10. The molecule has 1 fully saturated rings. The van der Waals surface area contributed by atoms with Crippen LogP contribution in [-0.4, -0.2) is 35.2 Å². The summed E-state index contributed by atoms with van der Waals surface area (Å²) in [7, 11) is 0. The number of carboxylic acids is 1. The van der Waals surface area contributed by atoms with Crippen LogP contribution in [0.1, 0.15) is 52.9 Å². The molecule has 1 aliphatic carbocycles. The summed E-state index contributed by atoms with van der Waals surface area (Å²) in [5.74, 6) is -1.26. The third kappa shape index (κ3) is 6.05. The smallest absolute Gasteiger partial charge is 0.326 e. The summed E-state index contributed by atoms with van der Waals surface area (Å²) < 4.78 is 5.35. The molecule has 1 amide bonds. The lowest BCUT2D eigenvalue weighted by molar-refractivity contribution is -0.145. The molecule has 0 spiro atoms. The van der Waals surface area contributed by atoms with Gasteiger partial charge in [-0.2, -0.15) is 0 Å². The Morgan fingerprint density at radius 2 is 1.84 bits per heavy atom. The van der Waals surface area contributed by atoms with Crippen molar-refractivity contribution < 1.29 is 19.4 Å². The summed E-state index contributed by atoms with van der Waals surface area (Å²) in [6, 6.07) is -0.781. The molecule has 1 aliphatic rings. The van der Waals surface area contributed by atoms with E-state index in [0.717, 1.165) is 32.1 Å². The topological polar surface area (TPSA) is 75.6 Å². The van der Waals surface area contributed by atoms with Crippen LogP contribution in [0.5, 0.6) is 0 Å². The van der Waals surface area contributed by atoms with Gasteiger partial charge >= 0.3 is 5.97 Å². The van der Waals surface area contributed by atoms with Crippen LogP contribution < -0.4 is 5.32 Å². The van der Waals surface area contributed by atoms with E-state index in [4.69, 9.17) is 4.74 Å². The van der Waals surface area contributed by atoms with Gasteiger partial charge in [0.05, 0.1) is 5.60 Å². The Morgan fingerprint density at radius 3 is 2.32 bits per heavy atom. The minimum atomic E-state index is -0.948. The summed E-state index contributed by atoms with van der Waals surface area (Å²) in [4.78, 5) is 23.0. The number of hydrogen-bond donors (Lipinski definition) is 2. The van der Waals surface area contributed by atoms with Crippen molar-refractivity contribution in [2.24, 2.45) is 5.92 Å². The summed E-state index contributed by atoms with van der Waals surface area (Å²) >= 11 is 0. The number of aliphatic carboxylic acids is 1. The van der Waals surface area contributed by atoms with E-state index in [0.29, 0.717) is 0 Å². The normalized spacial score (nSPS) is 18.9. The summed E-state index contributed by atoms with van der Waals surface area (Å²) in [5, 5.41) is 11.8. The maximum atomic E-state index is 11.7. The van der Waals surface area contributed by atoms with E-state index in [1.165, 1.54) is 0 Å². The van der Waals surface area contributed by atoms with Crippen LogP contribution in [0.25, 0.3) is 0 Å². The number of amides is 1. The van der Waals surface area contributed by atoms with Crippen molar-refractivity contribution >= 4 is 11.9 Å². The van der Waals surface area contributed by atoms with Crippen molar-refractivity contribution in [2.45, 2.75) is 64.5 Å². The molecule has 0 aromatic carbocycles. The highest BCUT2D eigenvalue weighted by Crippen LogP contribution is 2.26. The second kappa shape index (κ2) is 6.89. The van der Waals surface area contributed by atoms with Gasteiger partial charge in [-0.3, -0.25) is 4.79 Å². The number of rotatable bonds is 5. The molecule has 0 heterocycles. The fourth-order valence-electron chi connectivity index (χ4n) is 2.35. The highest BCUT2D eigenvalue weighted by atomic mass is 16.5. The Kier molecular flexibility index (Phi) is 5.79. The van der Waals surface area contributed by atoms with E-state index in [1.54, 1.807) is 0 Å². The molecular formula is C14H25NO4. The molecular weight excluding hydrogens is 246 g/mol. The average molecular weight is 271 g/mol. The SMILES string of the molecule is CC(C)(C)OCC(=O)NC(C(=O)O)C1CCCCC1. The lowest BCUT2D eigenvalue weighted by Crippen LogP contribution is -2.48.